The molecule has 0 amide bonds. The zero-order valence-electron chi connectivity index (χ0n) is 24.1. The number of hydrogen-bond donors (Lipinski definition) is 2. The predicted octanol–water partition coefficient (Wildman–Crippen LogP) is 7.30. The largest absolute Gasteiger partial charge is 0.422 e. The second-order valence-corrected chi connectivity index (χ2v) is 11.0. The summed E-state index contributed by atoms with van der Waals surface area (Å²) in [5.74, 6) is 0.126. The molecule has 0 fully saturated rings. The third-order valence-electron chi connectivity index (χ3n) is 7.15. The Morgan fingerprint density at radius 3 is 2.17 bits per heavy atom. The van der Waals surface area contributed by atoms with E-state index >= 15 is 0 Å². The van der Waals surface area contributed by atoms with Gasteiger partial charge in [0.2, 0.25) is 0 Å². The third-order valence-corrected chi connectivity index (χ3v) is 7.15. The first-order valence-electron chi connectivity index (χ1n) is 14.0. The molecule has 0 spiro atoms. The average Bonchev–Trinajstić information content (AvgIpc) is 3.75. The molecule has 3 aromatic heterocycles. The summed E-state index contributed by atoms with van der Waals surface area (Å²) < 4.78 is 6.03. The molecule has 2 N–H and O–H groups in total. The van der Waals surface area contributed by atoms with Crippen molar-refractivity contribution in [1.82, 2.24) is 24.8 Å². The second-order valence-electron chi connectivity index (χ2n) is 11.0. The number of carbonyl (C=O) groups excluding carboxylic acids is 1. The summed E-state index contributed by atoms with van der Waals surface area (Å²) in [7, 11) is 4.12. The van der Waals surface area contributed by atoms with Crippen molar-refractivity contribution in [3.8, 4) is 16.9 Å². The van der Waals surface area contributed by atoms with Crippen molar-refractivity contribution in [3.05, 3.63) is 101 Å². The highest BCUT2D eigenvalue weighted by Gasteiger charge is 2.18. The van der Waals surface area contributed by atoms with E-state index in [-0.39, 0.29) is 0 Å². The molecular formula is C35H33N5O2. The molecule has 2 aliphatic rings. The maximum Gasteiger partial charge on any atom is 0.338 e. The molecule has 0 atom stereocenters. The molecular weight excluding hydrogens is 522 g/mol. The molecule has 210 valence electrons. The van der Waals surface area contributed by atoms with Crippen LogP contribution in [-0.2, 0) is 11.2 Å². The van der Waals surface area contributed by atoms with Gasteiger partial charge in [-0.3, -0.25) is 0 Å². The molecule has 6 rings (SSSR count). The minimum absolute atomic E-state index is 0.353. The maximum absolute atomic E-state index is 12.8. The number of nitrogens with one attached hydrogen (secondary N) is 2. The van der Waals surface area contributed by atoms with Gasteiger partial charge in [-0.25, -0.2) is 14.8 Å². The van der Waals surface area contributed by atoms with Gasteiger partial charge in [0, 0.05) is 38.8 Å². The Labute approximate surface area is 244 Å². The highest BCUT2D eigenvalue weighted by Crippen LogP contribution is 2.38. The fourth-order valence-electron chi connectivity index (χ4n) is 5.12. The number of aromatic amines is 2. The van der Waals surface area contributed by atoms with Crippen LogP contribution in [0.3, 0.4) is 0 Å². The number of nitrogens with zero attached hydrogens (tertiary/aromatic N) is 3. The molecule has 2 aliphatic heterocycles. The fourth-order valence-corrected chi connectivity index (χ4v) is 5.12. The van der Waals surface area contributed by atoms with E-state index in [1.165, 1.54) is 0 Å². The zero-order chi connectivity index (χ0) is 29.2. The summed E-state index contributed by atoms with van der Waals surface area (Å²) in [5, 5.41) is 0. The number of fused-ring (bicyclic) bond motifs is 8. The number of ether oxygens (including phenoxy) is 1. The molecule has 0 radical (unpaired) electrons. The lowest BCUT2D eigenvalue weighted by molar-refractivity contribution is -0.130. The molecule has 5 heterocycles. The summed E-state index contributed by atoms with van der Waals surface area (Å²) >= 11 is 0. The van der Waals surface area contributed by atoms with Crippen LogP contribution in [0, 0.1) is 0 Å². The molecule has 0 aliphatic carbocycles. The first kappa shape index (κ1) is 27.2. The van der Waals surface area contributed by atoms with E-state index in [1.54, 1.807) is 6.92 Å². The van der Waals surface area contributed by atoms with Gasteiger partial charge in [0.25, 0.3) is 0 Å². The van der Waals surface area contributed by atoms with E-state index in [0.29, 0.717) is 11.3 Å². The fraction of sp³-hybridized carbons (Fsp3) is 0.171. The SMILES string of the molecule is C=C(C)C(=O)Oc1c(CCCN(C)C)cccc1-c1cc2cc3ccc(cc4nc(cc5nc(cc1[nH]2)C=C5)C=C4)[nH]3. The summed E-state index contributed by atoms with van der Waals surface area (Å²) in [5.41, 5.74) is 10.1. The van der Waals surface area contributed by atoms with E-state index in [9.17, 15) is 4.79 Å². The Morgan fingerprint density at radius 1 is 0.810 bits per heavy atom. The second kappa shape index (κ2) is 11.5. The monoisotopic (exact) mass is 555 g/mol. The predicted molar refractivity (Wildman–Crippen MR) is 172 cm³/mol. The highest BCUT2D eigenvalue weighted by molar-refractivity contribution is 5.94. The number of aromatic nitrogens is 4. The number of rotatable bonds is 7. The van der Waals surface area contributed by atoms with Gasteiger partial charge in [-0.1, -0.05) is 24.8 Å². The first-order valence-corrected chi connectivity index (χ1v) is 14.0. The van der Waals surface area contributed by atoms with Crippen LogP contribution in [-0.4, -0.2) is 51.4 Å². The van der Waals surface area contributed by atoms with Crippen LogP contribution in [0.25, 0.3) is 57.5 Å². The van der Waals surface area contributed by atoms with Crippen molar-refractivity contribution in [2.24, 2.45) is 0 Å². The summed E-state index contributed by atoms with van der Waals surface area (Å²) in [4.78, 5) is 31.5. The van der Waals surface area contributed by atoms with Crippen molar-refractivity contribution in [1.29, 1.82) is 0 Å². The van der Waals surface area contributed by atoms with Crippen molar-refractivity contribution in [2.45, 2.75) is 19.8 Å². The number of esters is 1. The Hall–Kier alpha value is -5.01. The summed E-state index contributed by atoms with van der Waals surface area (Å²) in [6.07, 6.45) is 9.68. The zero-order valence-corrected chi connectivity index (χ0v) is 24.1. The Balaban J connectivity index is 1.58. The van der Waals surface area contributed by atoms with Gasteiger partial charge in [-0.05, 0) is 113 Å². The summed E-state index contributed by atoms with van der Waals surface area (Å²) in [6, 6.07) is 20.3. The average molecular weight is 556 g/mol. The van der Waals surface area contributed by atoms with Gasteiger partial charge in [-0.15, -0.1) is 0 Å². The molecule has 7 heteroatoms. The molecule has 8 bridgehead atoms. The molecule has 4 aromatic rings. The number of H-pyrrole nitrogens is 2. The van der Waals surface area contributed by atoms with Crippen LogP contribution >= 0.6 is 0 Å². The van der Waals surface area contributed by atoms with E-state index in [4.69, 9.17) is 14.7 Å². The molecule has 0 saturated carbocycles. The molecule has 7 nitrogen and oxygen atoms in total. The van der Waals surface area contributed by atoms with Crippen molar-refractivity contribution < 1.29 is 9.53 Å². The van der Waals surface area contributed by atoms with Gasteiger partial charge < -0.3 is 19.6 Å². The number of hydrogen-bond acceptors (Lipinski definition) is 5. The highest BCUT2D eigenvalue weighted by atomic mass is 16.5. The maximum atomic E-state index is 12.8. The lowest BCUT2D eigenvalue weighted by Crippen LogP contribution is -2.14. The van der Waals surface area contributed by atoms with Gasteiger partial charge >= 0.3 is 5.97 Å². The molecule has 42 heavy (non-hydrogen) atoms. The minimum atomic E-state index is -0.438. The standard InChI is InChI=1S/C35H33N5O2/c1-22(2)35(41)42-34-23(8-6-16-40(3)4)7-5-9-31(34)32-20-30-19-28-13-12-26(37-28)17-24-10-11-25(36-24)18-27-14-15-29(38-27)21-33(32)39-30/h5,7,9-15,17-21,37,39H,1,6,8,16H2,2-4H3. The number of aryl methyl sites for hydroxylation is 1. The van der Waals surface area contributed by atoms with Crippen LogP contribution in [0.5, 0.6) is 5.75 Å². The Kier molecular flexibility index (Phi) is 7.42. The van der Waals surface area contributed by atoms with E-state index in [0.717, 1.165) is 80.9 Å². The van der Waals surface area contributed by atoms with Gasteiger partial charge in [0.15, 0.2) is 0 Å². The quantitative estimate of drug-likeness (QED) is 0.123. The Morgan fingerprint density at radius 2 is 1.48 bits per heavy atom. The van der Waals surface area contributed by atoms with E-state index in [2.05, 4.69) is 47.7 Å². The van der Waals surface area contributed by atoms with Gasteiger partial charge in [0.05, 0.1) is 22.8 Å². The van der Waals surface area contributed by atoms with Crippen LogP contribution in [0.15, 0.2) is 72.8 Å². The number of carbonyl (C=O) groups is 1. The van der Waals surface area contributed by atoms with Gasteiger partial charge in [-0.2, -0.15) is 0 Å². The third kappa shape index (κ3) is 6.01. The summed E-state index contributed by atoms with van der Waals surface area (Å²) in [6.45, 7) is 6.40. The lowest BCUT2D eigenvalue weighted by atomic mass is 9.99. The first-order chi connectivity index (χ1) is 20.3. The van der Waals surface area contributed by atoms with Gasteiger partial charge in [0.1, 0.15) is 5.75 Å². The molecule has 0 saturated heterocycles. The lowest BCUT2D eigenvalue weighted by Gasteiger charge is -2.16. The number of para-hydroxylation sites is 1. The normalized spacial score (nSPS) is 12.2. The van der Waals surface area contributed by atoms with Crippen molar-refractivity contribution in [2.75, 3.05) is 20.6 Å². The van der Waals surface area contributed by atoms with Crippen LogP contribution < -0.4 is 4.74 Å². The Bertz CT molecular complexity index is 1920. The smallest absolute Gasteiger partial charge is 0.338 e. The molecule has 1 aromatic carbocycles. The molecule has 0 unspecified atom stereocenters. The van der Waals surface area contributed by atoms with Crippen LogP contribution in [0.2, 0.25) is 0 Å². The van der Waals surface area contributed by atoms with Crippen molar-refractivity contribution in [3.63, 3.8) is 0 Å². The van der Waals surface area contributed by atoms with Crippen LogP contribution in [0.1, 0.15) is 41.7 Å². The van der Waals surface area contributed by atoms with Crippen molar-refractivity contribution >= 4 is 52.3 Å². The number of benzene rings is 1. The van der Waals surface area contributed by atoms with E-state index in [1.807, 2.05) is 72.8 Å². The topological polar surface area (TPSA) is 86.9 Å². The minimum Gasteiger partial charge on any atom is -0.422 e. The van der Waals surface area contributed by atoms with Crippen LogP contribution in [0.4, 0.5) is 0 Å². The van der Waals surface area contributed by atoms with E-state index < -0.39 is 5.97 Å².